The molecule has 5 rings (SSSR count). The van der Waals surface area contributed by atoms with Crippen LogP contribution in [-0.4, -0.2) is 56.9 Å². The molecule has 1 amide bonds. The van der Waals surface area contributed by atoms with Crippen LogP contribution in [0.1, 0.15) is 23.2 Å². The number of nitrogens with zero attached hydrogens (tertiary/aromatic N) is 5. The average Bonchev–Trinajstić information content (AvgIpc) is 3.32. The first kappa shape index (κ1) is 15.3. The van der Waals surface area contributed by atoms with Crippen LogP contribution in [0.3, 0.4) is 0 Å². The van der Waals surface area contributed by atoms with Gasteiger partial charge in [-0.1, -0.05) is 0 Å². The van der Waals surface area contributed by atoms with E-state index >= 15 is 0 Å². The molecule has 2 aliphatic rings. The maximum Gasteiger partial charge on any atom is 0.254 e. The zero-order valence-electron chi connectivity index (χ0n) is 14.4. The Balaban J connectivity index is 1.44. The summed E-state index contributed by atoms with van der Waals surface area (Å²) in [6.07, 6.45) is 9.17. The van der Waals surface area contributed by atoms with Crippen LogP contribution in [0.15, 0.2) is 43.1 Å². The molecule has 0 aromatic carbocycles. The molecular weight excluding hydrogens is 328 g/mol. The number of aromatic amines is 1. The first-order valence-corrected chi connectivity index (χ1v) is 8.97. The molecular formula is C19H20N6O. The van der Waals surface area contributed by atoms with Gasteiger partial charge in [-0.2, -0.15) is 0 Å². The van der Waals surface area contributed by atoms with Gasteiger partial charge in [-0.3, -0.25) is 9.78 Å². The van der Waals surface area contributed by atoms with Crippen molar-refractivity contribution in [2.75, 3.05) is 31.1 Å². The van der Waals surface area contributed by atoms with E-state index in [1.54, 1.807) is 30.9 Å². The van der Waals surface area contributed by atoms with Crippen molar-refractivity contribution in [3.63, 3.8) is 0 Å². The minimum absolute atomic E-state index is 0.0926. The van der Waals surface area contributed by atoms with Crippen molar-refractivity contribution < 1.29 is 4.79 Å². The molecule has 0 radical (unpaired) electrons. The maximum absolute atomic E-state index is 12.9. The molecule has 1 aliphatic heterocycles. The van der Waals surface area contributed by atoms with E-state index in [4.69, 9.17) is 0 Å². The lowest BCUT2D eigenvalue weighted by atomic mass is 10.1. The van der Waals surface area contributed by atoms with Crippen molar-refractivity contribution in [2.24, 2.45) is 5.41 Å². The number of anilines is 1. The fourth-order valence-corrected chi connectivity index (χ4v) is 3.89. The molecule has 1 saturated carbocycles. The van der Waals surface area contributed by atoms with Crippen molar-refractivity contribution in [3.05, 3.63) is 48.7 Å². The summed E-state index contributed by atoms with van der Waals surface area (Å²) in [5.41, 5.74) is 1.75. The van der Waals surface area contributed by atoms with E-state index in [2.05, 4.69) is 24.8 Å². The molecule has 0 unspecified atom stereocenters. The quantitative estimate of drug-likeness (QED) is 0.767. The lowest BCUT2D eigenvalue weighted by Gasteiger charge is -2.25. The number of fused-ring (bicyclic) bond motifs is 1. The number of carbonyl (C=O) groups is 1. The molecule has 2 fully saturated rings. The van der Waals surface area contributed by atoms with Crippen molar-refractivity contribution in [1.29, 1.82) is 0 Å². The minimum Gasteiger partial charge on any atom is -0.354 e. The highest BCUT2D eigenvalue weighted by Gasteiger charge is 2.48. The Kier molecular flexibility index (Phi) is 3.41. The van der Waals surface area contributed by atoms with E-state index in [0.717, 1.165) is 49.3 Å². The number of nitrogens with one attached hydrogen (secondary N) is 1. The molecule has 3 aromatic rings. The van der Waals surface area contributed by atoms with Crippen LogP contribution < -0.4 is 4.90 Å². The van der Waals surface area contributed by atoms with Crippen LogP contribution in [0.2, 0.25) is 0 Å². The molecule has 1 aliphatic carbocycles. The normalized spacial score (nSPS) is 18.9. The van der Waals surface area contributed by atoms with Crippen LogP contribution in [0.25, 0.3) is 11.0 Å². The Bertz CT molecular complexity index is 949. The van der Waals surface area contributed by atoms with Crippen molar-refractivity contribution >= 4 is 22.8 Å². The number of H-pyrrole nitrogens is 1. The number of hydrogen-bond donors (Lipinski definition) is 1. The molecule has 1 spiro atoms. The predicted molar refractivity (Wildman–Crippen MR) is 97.9 cm³/mol. The van der Waals surface area contributed by atoms with Gasteiger partial charge in [-0.15, -0.1) is 0 Å². The van der Waals surface area contributed by atoms with Crippen LogP contribution in [0.5, 0.6) is 0 Å². The van der Waals surface area contributed by atoms with Gasteiger partial charge in [0, 0.05) is 55.7 Å². The molecule has 0 bridgehead atoms. The average molecular weight is 348 g/mol. The second kappa shape index (κ2) is 5.79. The van der Waals surface area contributed by atoms with Crippen LogP contribution >= 0.6 is 0 Å². The maximum atomic E-state index is 12.9. The SMILES string of the molecule is O=C(c1ccncc1)N1CCN(c2ncnc3[nH]ccc23)CC2(CC2)C1. The summed E-state index contributed by atoms with van der Waals surface area (Å²) < 4.78 is 0. The molecule has 3 aromatic heterocycles. The Labute approximate surface area is 151 Å². The van der Waals surface area contributed by atoms with E-state index in [0.29, 0.717) is 12.1 Å². The zero-order chi connectivity index (χ0) is 17.6. The van der Waals surface area contributed by atoms with E-state index in [1.807, 2.05) is 17.2 Å². The molecule has 26 heavy (non-hydrogen) atoms. The summed E-state index contributed by atoms with van der Waals surface area (Å²) >= 11 is 0. The van der Waals surface area contributed by atoms with Crippen molar-refractivity contribution in [3.8, 4) is 0 Å². The highest BCUT2D eigenvalue weighted by Crippen LogP contribution is 2.48. The topological polar surface area (TPSA) is 78.0 Å². The highest BCUT2D eigenvalue weighted by molar-refractivity contribution is 5.94. The Hall–Kier alpha value is -2.96. The minimum atomic E-state index is 0.0926. The standard InChI is InChI=1S/C19H20N6O/c26-18(14-1-6-20-7-2-14)25-10-9-24(11-19(12-25)4-5-19)17-15-3-8-21-16(15)22-13-23-17/h1-3,6-8,13H,4-5,9-12H2,(H,21,22,23). The first-order chi connectivity index (χ1) is 12.7. The number of carbonyl (C=O) groups excluding carboxylic acids is 1. The fraction of sp³-hybridized carbons (Fsp3) is 0.368. The van der Waals surface area contributed by atoms with Gasteiger partial charge in [0.05, 0.1) is 5.39 Å². The lowest BCUT2D eigenvalue weighted by molar-refractivity contribution is 0.0740. The van der Waals surface area contributed by atoms with E-state index < -0.39 is 0 Å². The summed E-state index contributed by atoms with van der Waals surface area (Å²) in [6, 6.07) is 5.60. The predicted octanol–water partition coefficient (Wildman–Crippen LogP) is 2.10. The zero-order valence-corrected chi connectivity index (χ0v) is 14.4. The van der Waals surface area contributed by atoms with Crippen LogP contribution in [-0.2, 0) is 0 Å². The molecule has 7 heteroatoms. The largest absolute Gasteiger partial charge is 0.354 e. The summed E-state index contributed by atoms with van der Waals surface area (Å²) in [7, 11) is 0. The number of hydrogen-bond acceptors (Lipinski definition) is 5. The van der Waals surface area contributed by atoms with Gasteiger partial charge in [-0.05, 0) is 31.0 Å². The molecule has 1 N–H and O–H groups in total. The smallest absolute Gasteiger partial charge is 0.254 e. The number of pyridine rings is 1. The van der Waals surface area contributed by atoms with Crippen molar-refractivity contribution in [1.82, 2.24) is 24.8 Å². The van der Waals surface area contributed by atoms with Crippen LogP contribution in [0.4, 0.5) is 5.82 Å². The molecule has 4 heterocycles. The highest BCUT2D eigenvalue weighted by atomic mass is 16.2. The van der Waals surface area contributed by atoms with E-state index in [-0.39, 0.29) is 11.3 Å². The first-order valence-electron chi connectivity index (χ1n) is 8.97. The summed E-state index contributed by atoms with van der Waals surface area (Å²) in [4.78, 5) is 33.3. The van der Waals surface area contributed by atoms with Gasteiger partial charge in [0.25, 0.3) is 5.91 Å². The second-order valence-electron chi connectivity index (χ2n) is 7.32. The molecule has 7 nitrogen and oxygen atoms in total. The van der Waals surface area contributed by atoms with E-state index in [9.17, 15) is 4.79 Å². The van der Waals surface area contributed by atoms with Crippen LogP contribution in [0, 0.1) is 5.41 Å². The lowest BCUT2D eigenvalue weighted by Crippen LogP contribution is -2.36. The third-order valence-electron chi connectivity index (χ3n) is 5.50. The molecule has 1 saturated heterocycles. The van der Waals surface area contributed by atoms with Gasteiger partial charge in [0.15, 0.2) is 0 Å². The Morgan fingerprint density at radius 2 is 1.92 bits per heavy atom. The molecule has 132 valence electrons. The molecule has 0 atom stereocenters. The fourth-order valence-electron chi connectivity index (χ4n) is 3.89. The summed E-state index contributed by atoms with van der Waals surface area (Å²) in [6.45, 7) is 3.21. The Morgan fingerprint density at radius 1 is 1.08 bits per heavy atom. The second-order valence-corrected chi connectivity index (χ2v) is 7.32. The van der Waals surface area contributed by atoms with Gasteiger partial charge < -0.3 is 14.8 Å². The van der Waals surface area contributed by atoms with Gasteiger partial charge in [-0.25, -0.2) is 9.97 Å². The summed E-state index contributed by atoms with van der Waals surface area (Å²) in [5.74, 6) is 1.05. The van der Waals surface area contributed by atoms with Crippen molar-refractivity contribution in [2.45, 2.75) is 12.8 Å². The number of rotatable bonds is 2. The monoisotopic (exact) mass is 348 g/mol. The third kappa shape index (κ3) is 2.60. The van der Waals surface area contributed by atoms with Gasteiger partial charge in [0.2, 0.25) is 0 Å². The number of aromatic nitrogens is 4. The Morgan fingerprint density at radius 3 is 2.73 bits per heavy atom. The number of amides is 1. The summed E-state index contributed by atoms with van der Waals surface area (Å²) in [5, 5.41) is 1.04. The van der Waals surface area contributed by atoms with E-state index in [1.165, 1.54) is 0 Å². The van der Waals surface area contributed by atoms with Gasteiger partial charge in [0.1, 0.15) is 17.8 Å². The third-order valence-corrected chi connectivity index (χ3v) is 5.50. The van der Waals surface area contributed by atoms with Gasteiger partial charge >= 0.3 is 0 Å².